The van der Waals surface area contributed by atoms with Gasteiger partial charge in [0, 0.05) is 29.4 Å². The van der Waals surface area contributed by atoms with Gasteiger partial charge in [-0.05, 0) is 31.0 Å². The summed E-state index contributed by atoms with van der Waals surface area (Å²) in [6.45, 7) is 1.87. The van der Waals surface area contributed by atoms with Crippen LogP contribution in [0.15, 0.2) is 58.5 Å². The van der Waals surface area contributed by atoms with Crippen LogP contribution in [0.1, 0.15) is 22.8 Å². The Labute approximate surface area is 165 Å². The van der Waals surface area contributed by atoms with Crippen LogP contribution < -0.4 is 5.56 Å². The smallest absolute Gasteiger partial charge is 0.272 e. The highest BCUT2D eigenvalue weighted by atomic mass is 35.5. The molecule has 0 unspecified atom stereocenters. The van der Waals surface area contributed by atoms with Crippen LogP contribution in [0.3, 0.4) is 0 Å². The fourth-order valence-electron chi connectivity index (χ4n) is 2.84. The SMILES string of the molecule is Cc1c(-n2ccnc2)cnn(Cc2nc(CCc3ccc(Cl)cc3)no2)c1=O. The van der Waals surface area contributed by atoms with Gasteiger partial charge in [-0.3, -0.25) is 4.79 Å². The predicted molar refractivity (Wildman–Crippen MR) is 103 cm³/mol. The summed E-state index contributed by atoms with van der Waals surface area (Å²) in [5, 5.41) is 8.91. The van der Waals surface area contributed by atoms with E-state index in [1.807, 2.05) is 24.3 Å². The summed E-state index contributed by atoms with van der Waals surface area (Å²) in [7, 11) is 0. The number of nitrogens with zero attached hydrogens (tertiary/aromatic N) is 6. The lowest BCUT2D eigenvalue weighted by Crippen LogP contribution is -2.26. The van der Waals surface area contributed by atoms with Crippen molar-refractivity contribution < 1.29 is 4.52 Å². The highest BCUT2D eigenvalue weighted by Gasteiger charge is 2.13. The summed E-state index contributed by atoms with van der Waals surface area (Å²) in [6, 6.07) is 7.65. The zero-order valence-corrected chi connectivity index (χ0v) is 15.9. The number of aromatic nitrogens is 6. The molecule has 9 heteroatoms. The van der Waals surface area contributed by atoms with Crippen molar-refractivity contribution in [1.29, 1.82) is 0 Å². The molecule has 3 heterocycles. The van der Waals surface area contributed by atoms with Crippen LogP contribution >= 0.6 is 11.6 Å². The zero-order chi connectivity index (χ0) is 19.5. The van der Waals surface area contributed by atoms with Crippen molar-refractivity contribution in [2.45, 2.75) is 26.3 Å². The van der Waals surface area contributed by atoms with Crippen LogP contribution in [-0.2, 0) is 19.4 Å². The van der Waals surface area contributed by atoms with Gasteiger partial charge in [0.25, 0.3) is 5.56 Å². The zero-order valence-electron chi connectivity index (χ0n) is 15.1. The predicted octanol–water partition coefficient (Wildman–Crippen LogP) is 2.61. The third-order valence-corrected chi connectivity index (χ3v) is 4.64. The number of hydrogen-bond acceptors (Lipinski definition) is 6. The second-order valence-electron chi connectivity index (χ2n) is 6.32. The summed E-state index contributed by atoms with van der Waals surface area (Å²) in [4.78, 5) is 21.0. The first-order valence-corrected chi connectivity index (χ1v) is 9.09. The molecular formula is C19H17ClN6O2. The second-order valence-corrected chi connectivity index (χ2v) is 6.75. The van der Waals surface area contributed by atoms with Crippen LogP contribution in [0.2, 0.25) is 5.02 Å². The maximum absolute atomic E-state index is 12.6. The normalized spacial score (nSPS) is 11.1. The Balaban J connectivity index is 1.46. The molecule has 0 saturated carbocycles. The summed E-state index contributed by atoms with van der Waals surface area (Å²) < 4.78 is 8.33. The molecule has 0 atom stereocenters. The van der Waals surface area contributed by atoms with Gasteiger partial charge in [-0.15, -0.1) is 0 Å². The molecular weight excluding hydrogens is 380 g/mol. The van der Waals surface area contributed by atoms with Gasteiger partial charge in [-0.1, -0.05) is 28.9 Å². The van der Waals surface area contributed by atoms with E-state index in [0.717, 1.165) is 12.0 Å². The second kappa shape index (κ2) is 7.77. The van der Waals surface area contributed by atoms with Crippen LogP contribution in [0, 0.1) is 6.92 Å². The Bertz CT molecular complexity index is 1130. The molecule has 0 aliphatic heterocycles. The van der Waals surface area contributed by atoms with Gasteiger partial charge in [0.05, 0.1) is 18.2 Å². The first-order chi connectivity index (χ1) is 13.6. The molecule has 3 aromatic heterocycles. The number of hydrogen-bond donors (Lipinski definition) is 0. The van der Waals surface area contributed by atoms with Gasteiger partial charge in [0.1, 0.15) is 6.54 Å². The number of benzene rings is 1. The average molecular weight is 397 g/mol. The average Bonchev–Trinajstić information content (AvgIpc) is 3.37. The summed E-state index contributed by atoms with van der Waals surface area (Å²) in [5.74, 6) is 0.931. The molecule has 1 aromatic carbocycles. The van der Waals surface area contributed by atoms with Gasteiger partial charge >= 0.3 is 0 Å². The topological polar surface area (TPSA) is 91.6 Å². The Kier molecular flexibility index (Phi) is 5.03. The molecule has 0 radical (unpaired) electrons. The van der Waals surface area contributed by atoms with Gasteiger partial charge in [0.2, 0.25) is 5.89 Å². The molecule has 0 spiro atoms. The van der Waals surface area contributed by atoms with Gasteiger partial charge < -0.3 is 9.09 Å². The van der Waals surface area contributed by atoms with E-state index in [1.165, 1.54) is 4.68 Å². The quantitative estimate of drug-likeness (QED) is 0.497. The molecule has 0 bridgehead atoms. The Hall–Kier alpha value is -3.26. The highest BCUT2D eigenvalue weighted by molar-refractivity contribution is 6.30. The fourth-order valence-corrected chi connectivity index (χ4v) is 2.97. The number of aryl methyl sites for hydroxylation is 2. The third kappa shape index (κ3) is 3.86. The van der Waals surface area contributed by atoms with Crippen molar-refractivity contribution in [3.05, 3.63) is 87.4 Å². The minimum absolute atomic E-state index is 0.123. The monoisotopic (exact) mass is 396 g/mol. The van der Waals surface area contributed by atoms with Crippen LogP contribution in [0.25, 0.3) is 5.69 Å². The largest absolute Gasteiger partial charge is 0.337 e. The maximum atomic E-state index is 12.6. The molecule has 0 N–H and O–H groups in total. The van der Waals surface area contributed by atoms with Crippen molar-refractivity contribution in [3.8, 4) is 5.69 Å². The van der Waals surface area contributed by atoms with E-state index in [1.54, 1.807) is 36.4 Å². The van der Waals surface area contributed by atoms with Crippen molar-refractivity contribution >= 4 is 11.6 Å². The fraction of sp³-hybridized carbons (Fsp3) is 0.211. The van der Waals surface area contributed by atoms with Crippen LogP contribution in [0.4, 0.5) is 0 Å². The van der Waals surface area contributed by atoms with Gasteiger partial charge in [-0.25, -0.2) is 9.67 Å². The van der Waals surface area contributed by atoms with E-state index in [-0.39, 0.29) is 12.1 Å². The highest BCUT2D eigenvalue weighted by Crippen LogP contribution is 2.12. The number of imidazole rings is 1. The van der Waals surface area contributed by atoms with Gasteiger partial charge in [0.15, 0.2) is 5.82 Å². The minimum Gasteiger partial charge on any atom is -0.337 e. The van der Waals surface area contributed by atoms with Crippen molar-refractivity contribution in [2.24, 2.45) is 0 Å². The first kappa shape index (κ1) is 18.1. The van der Waals surface area contributed by atoms with E-state index in [0.29, 0.717) is 34.4 Å². The van der Waals surface area contributed by atoms with Crippen LogP contribution in [0.5, 0.6) is 0 Å². The van der Waals surface area contributed by atoms with E-state index < -0.39 is 0 Å². The van der Waals surface area contributed by atoms with Crippen molar-refractivity contribution in [3.63, 3.8) is 0 Å². The molecule has 0 fully saturated rings. The first-order valence-electron chi connectivity index (χ1n) is 8.71. The molecule has 8 nitrogen and oxygen atoms in total. The summed E-state index contributed by atoms with van der Waals surface area (Å²) in [6.07, 6.45) is 8.06. The lowest BCUT2D eigenvalue weighted by Gasteiger charge is -2.08. The molecule has 0 amide bonds. The van der Waals surface area contributed by atoms with E-state index in [4.69, 9.17) is 16.1 Å². The maximum Gasteiger partial charge on any atom is 0.272 e. The van der Waals surface area contributed by atoms with Crippen LogP contribution in [-0.4, -0.2) is 29.5 Å². The minimum atomic E-state index is -0.216. The van der Waals surface area contributed by atoms with Crippen molar-refractivity contribution in [1.82, 2.24) is 29.5 Å². The lowest BCUT2D eigenvalue weighted by molar-refractivity contribution is 0.358. The third-order valence-electron chi connectivity index (χ3n) is 4.39. The lowest BCUT2D eigenvalue weighted by atomic mass is 10.1. The van der Waals surface area contributed by atoms with Crippen molar-refractivity contribution in [2.75, 3.05) is 0 Å². The number of halogens is 1. The Morgan fingerprint density at radius 2 is 2.00 bits per heavy atom. The molecule has 0 aliphatic rings. The van der Waals surface area contributed by atoms with E-state index >= 15 is 0 Å². The molecule has 28 heavy (non-hydrogen) atoms. The molecule has 4 aromatic rings. The Morgan fingerprint density at radius 3 is 2.75 bits per heavy atom. The molecule has 0 aliphatic carbocycles. The summed E-state index contributed by atoms with van der Waals surface area (Å²) in [5.41, 5.74) is 2.18. The molecule has 4 rings (SSSR count). The van der Waals surface area contributed by atoms with Gasteiger partial charge in [-0.2, -0.15) is 10.1 Å². The summed E-state index contributed by atoms with van der Waals surface area (Å²) >= 11 is 5.89. The Morgan fingerprint density at radius 1 is 1.18 bits per heavy atom. The number of rotatable bonds is 6. The molecule has 0 saturated heterocycles. The van der Waals surface area contributed by atoms with E-state index in [9.17, 15) is 4.79 Å². The molecule has 142 valence electrons. The standard InChI is InChI=1S/C19H17ClN6O2/c1-13-16(25-9-8-21-12-25)10-22-26(19(13)27)11-18-23-17(24-28-18)7-4-14-2-5-15(20)6-3-14/h2-3,5-6,8-10,12H,4,7,11H2,1H3. The van der Waals surface area contributed by atoms with E-state index in [2.05, 4.69) is 20.2 Å².